The largest absolute Gasteiger partial charge is 0.376 e. The second-order valence-electron chi connectivity index (χ2n) is 8.94. The zero-order valence-electron chi connectivity index (χ0n) is 20.2. The summed E-state index contributed by atoms with van der Waals surface area (Å²) in [6.07, 6.45) is 3.09. The van der Waals surface area contributed by atoms with E-state index in [1.807, 2.05) is 36.4 Å². The van der Waals surface area contributed by atoms with Gasteiger partial charge in [-0.05, 0) is 60.7 Å². The van der Waals surface area contributed by atoms with Crippen LogP contribution in [-0.2, 0) is 16.0 Å². The Balaban J connectivity index is 1.53. The molecule has 2 atom stereocenters. The van der Waals surface area contributed by atoms with E-state index in [0.717, 1.165) is 50.2 Å². The molecule has 0 aliphatic carbocycles. The second-order valence-corrected chi connectivity index (χ2v) is 9.79. The van der Waals surface area contributed by atoms with Gasteiger partial charge in [0.1, 0.15) is 0 Å². The number of ether oxygens (including phenoxy) is 2. The highest BCUT2D eigenvalue weighted by Crippen LogP contribution is 2.29. The molecule has 3 aromatic rings. The monoisotopic (exact) mass is 523 g/mol. The summed E-state index contributed by atoms with van der Waals surface area (Å²) in [5, 5.41) is 14.0. The van der Waals surface area contributed by atoms with E-state index < -0.39 is 0 Å². The molecule has 0 saturated carbocycles. The van der Waals surface area contributed by atoms with Gasteiger partial charge in [-0.1, -0.05) is 65.7 Å². The maximum atomic E-state index is 9.21. The van der Waals surface area contributed by atoms with Crippen LogP contribution < -0.4 is 5.32 Å². The number of hydrogen-bond donors (Lipinski definition) is 1. The van der Waals surface area contributed by atoms with Crippen LogP contribution >= 0.6 is 23.2 Å². The highest BCUT2D eigenvalue weighted by molar-refractivity contribution is 6.33. The van der Waals surface area contributed by atoms with Crippen LogP contribution in [0.4, 0.5) is 5.69 Å². The third-order valence-corrected chi connectivity index (χ3v) is 6.80. The van der Waals surface area contributed by atoms with Crippen molar-refractivity contribution in [1.82, 2.24) is 4.90 Å². The van der Waals surface area contributed by atoms with Crippen molar-refractivity contribution in [2.24, 2.45) is 0 Å². The number of nitrogens with one attached hydrogen (secondary N) is 1. The Kier molecular flexibility index (Phi) is 10.0. The van der Waals surface area contributed by atoms with Gasteiger partial charge in [0.25, 0.3) is 0 Å². The topological polar surface area (TPSA) is 57.5 Å². The summed E-state index contributed by atoms with van der Waals surface area (Å²) in [6.45, 7) is 3.60. The molecule has 1 saturated heterocycles. The van der Waals surface area contributed by atoms with Gasteiger partial charge in [0.2, 0.25) is 0 Å². The van der Waals surface area contributed by atoms with Gasteiger partial charge in [0, 0.05) is 31.3 Å². The van der Waals surface area contributed by atoms with Crippen molar-refractivity contribution >= 4 is 28.9 Å². The van der Waals surface area contributed by atoms with E-state index in [1.165, 1.54) is 5.56 Å². The smallest absolute Gasteiger partial charge is 0.157 e. The number of hydrogen-bond acceptors (Lipinski definition) is 5. The molecular weight excluding hydrogens is 493 g/mol. The fourth-order valence-electron chi connectivity index (χ4n) is 4.31. The molecule has 0 amide bonds. The molecule has 36 heavy (non-hydrogen) atoms. The van der Waals surface area contributed by atoms with Gasteiger partial charge in [-0.25, -0.2) is 0 Å². The van der Waals surface area contributed by atoms with Crippen molar-refractivity contribution < 1.29 is 9.47 Å². The van der Waals surface area contributed by atoms with Gasteiger partial charge in [0.15, 0.2) is 6.29 Å². The highest BCUT2D eigenvalue weighted by atomic mass is 35.5. The van der Waals surface area contributed by atoms with Gasteiger partial charge in [-0.3, -0.25) is 4.90 Å². The molecule has 0 radical (unpaired) electrons. The quantitative estimate of drug-likeness (QED) is 0.291. The highest BCUT2D eigenvalue weighted by Gasteiger charge is 2.20. The molecule has 5 nitrogen and oxygen atoms in total. The van der Waals surface area contributed by atoms with E-state index in [9.17, 15) is 5.26 Å². The zero-order valence-corrected chi connectivity index (χ0v) is 21.7. The van der Waals surface area contributed by atoms with Crippen molar-refractivity contribution in [2.45, 2.75) is 38.1 Å². The van der Waals surface area contributed by atoms with Crippen molar-refractivity contribution in [1.29, 1.82) is 5.26 Å². The SMILES string of the molecule is N#Cc1ccc(NC(CN(CCOC2CCCCO2)Cc2ccccc2)c2ccc(Cl)cc2)c(Cl)c1. The molecule has 2 unspecified atom stereocenters. The minimum absolute atomic E-state index is 0.0673. The lowest BCUT2D eigenvalue weighted by Gasteiger charge is -2.30. The van der Waals surface area contributed by atoms with E-state index in [-0.39, 0.29) is 12.3 Å². The zero-order chi connectivity index (χ0) is 25.2. The number of nitrogens with zero attached hydrogens (tertiary/aromatic N) is 2. The van der Waals surface area contributed by atoms with Gasteiger partial charge in [-0.15, -0.1) is 0 Å². The predicted molar refractivity (Wildman–Crippen MR) is 145 cm³/mol. The lowest BCUT2D eigenvalue weighted by molar-refractivity contribution is -0.164. The van der Waals surface area contributed by atoms with E-state index >= 15 is 0 Å². The maximum Gasteiger partial charge on any atom is 0.157 e. The molecule has 1 fully saturated rings. The van der Waals surface area contributed by atoms with Crippen molar-refractivity contribution in [3.8, 4) is 6.07 Å². The summed E-state index contributed by atoms with van der Waals surface area (Å²) >= 11 is 12.7. The van der Waals surface area contributed by atoms with Crippen LogP contribution in [-0.4, -0.2) is 37.5 Å². The van der Waals surface area contributed by atoms with E-state index in [0.29, 0.717) is 28.8 Å². The molecule has 1 heterocycles. The fourth-order valence-corrected chi connectivity index (χ4v) is 4.67. The van der Waals surface area contributed by atoms with Crippen LogP contribution in [0.2, 0.25) is 10.0 Å². The average Bonchev–Trinajstić information content (AvgIpc) is 2.91. The van der Waals surface area contributed by atoms with Crippen LogP contribution in [0, 0.1) is 11.3 Å². The van der Waals surface area contributed by atoms with Gasteiger partial charge in [0.05, 0.1) is 35.0 Å². The Morgan fingerprint density at radius 2 is 1.86 bits per heavy atom. The summed E-state index contributed by atoms with van der Waals surface area (Å²) in [4.78, 5) is 2.38. The fraction of sp³-hybridized carbons (Fsp3) is 0.345. The standard InChI is InChI=1S/C29H31Cl2N3O2/c30-25-12-10-24(11-13-25)28(33-27-14-9-23(19-32)18-26(27)31)21-34(20-22-6-2-1-3-7-22)15-17-36-29-8-4-5-16-35-29/h1-3,6-7,9-14,18,28-29,33H,4-5,8,15-17,20-21H2. The summed E-state index contributed by atoms with van der Waals surface area (Å²) in [7, 11) is 0. The van der Waals surface area contributed by atoms with E-state index in [4.69, 9.17) is 32.7 Å². The Morgan fingerprint density at radius 3 is 2.56 bits per heavy atom. The van der Waals surface area contributed by atoms with Crippen LogP contribution in [0.15, 0.2) is 72.8 Å². The Labute approximate surface area is 223 Å². The predicted octanol–water partition coefficient (Wildman–Crippen LogP) is 7.06. The molecule has 1 aliphatic heterocycles. The minimum atomic E-state index is -0.111. The van der Waals surface area contributed by atoms with Gasteiger partial charge in [-0.2, -0.15) is 5.26 Å². The number of nitriles is 1. The van der Waals surface area contributed by atoms with Gasteiger partial charge >= 0.3 is 0 Å². The first-order chi connectivity index (χ1) is 17.6. The molecular formula is C29H31Cl2N3O2. The van der Waals surface area contributed by atoms with E-state index in [1.54, 1.807) is 12.1 Å². The molecule has 3 aromatic carbocycles. The van der Waals surface area contributed by atoms with Crippen molar-refractivity contribution in [3.05, 3.63) is 99.5 Å². The third-order valence-electron chi connectivity index (χ3n) is 6.24. The van der Waals surface area contributed by atoms with E-state index in [2.05, 4.69) is 40.6 Å². The second kappa shape index (κ2) is 13.6. The molecule has 0 bridgehead atoms. The van der Waals surface area contributed by atoms with Crippen molar-refractivity contribution in [3.63, 3.8) is 0 Å². The molecule has 4 rings (SSSR count). The Bertz CT molecular complexity index is 1130. The number of halogens is 2. The molecule has 7 heteroatoms. The normalized spacial score (nSPS) is 16.4. The summed E-state index contributed by atoms with van der Waals surface area (Å²) in [5.41, 5.74) is 3.63. The number of anilines is 1. The number of benzene rings is 3. The maximum absolute atomic E-state index is 9.21. The summed E-state index contributed by atoms with van der Waals surface area (Å²) < 4.78 is 11.8. The summed E-state index contributed by atoms with van der Waals surface area (Å²) in [5.74, 6) is 0. The lowest BCUT2D eigenvalue weighted by atomic mass is 10.0. The van der Waals surface area contributed by atoms with Gasteiger partial charge < -0.3 is 14.8 Å². The first-order valence-corrected chi connectivity index (χ1v) is 13.1. The molecule has 0 aromatic heterocycles. The lowest BCUT2D eigenvalue weighted by Crippen LogP contribution is -2.35. The molecule has 188 valence electrons. The van der Waals surface area contributed by atoms with Crippen LogP contribution in [0.5, 0.6) is 0 Å². The van der Waals surface area contributed by atoms with Crippen LogP contribution in [0.1, 0.15) is 42.0 Å². The first-order valence-electron chi connectivity index (χ1n) is 12.3. The number of rotatable bonds is 11. The van der Waals surface area contributed by atoms with Crippen LogP contribution in [0.3, 0.4) is 0 Å². The Morgan fingerprint density at radius 1 is 1.06 bits per heavy atom. The van der Waals surface area contributed by atoms with Crippen molar-refractivity contribution in [2.75, 3.05) is 31.6 Å². The molecule has 0 spiro atoms. The van der Waals surface area contributed by atoms with Crippen LogP contribution in [0.25, 0.3) is 0 Å². The third kappa shape index (κ3) is 7.96. The Hall–Kier alpha value is -2.59. The average molecular weight is 524 g/mol. The molecule has 1 aliphatic rings. The minimum Gasteiger partial charge on any atom is -0.376 e. The first kappa shape index (κ1) is 26.5. The summed E-state index contributed by atoms with van der Waals surface area (Å²) in [6, 6.07) is 25.7. The molecule has 1 N–H and O–H groups in total.